The molecule has 0 unspecified atom stereocenters. The van der Waals surface area contributed by atoms with Crippen molar-refractivity contribution in [3.63, 3.8) is 0 Å². The predicted octanol–water partition coefficient (Wildman–Crippen LogP) is 3.54. The molecule has 0 radical (unpaired) electrons. The highest BCUT2D eigenvalue weighted by atomic mass is 35.5. The van der Waals surface area contributed by atoms with Gasteiger partial charge in [0.1, 0.15) is 5.69 Å². The van der Waals surface area contributed by atoms with Gasteiger partial charge in [-0.1, -0.05) is 60.1 Å². The fourth-order valence-corrected chi connectivity index (χ4v) is 2.62. The van der Waals surface area contributed by atoms with E-state index < -0.39 is 0 Å². The van der Waals surface area contributed by atoms with Gasteiger partial charge in [-0.25, -0.2) is 5.48 Å². The average Bonchev–Trinajstić information content (AvgIpc) is 3.02. The Kier molecular flexibility index (Phi) is 4.93. The van der Waals surface area contributed by atoms with Crippen LogP contribution in [0.3, 0.4) is 0 Å². The largest absolute Gasteiger partial charge is 0.278 e. The lowest BCUT2D eigenvalue weighted by atomic mass is 10.1. The smallest absolute Gasteiger partial charge is 0.277 e. The topological polar surface area (TPSA) is 56.1 Å². The molecule has 2 aromatic carbocycles. The third-order valence-electron chi connectivity index (χ3n) is 3.54. The third-order valence-corrected chi connectivity index (χ3v) is 3.91. The van der Waals surface area contributed by atoms with Crippen molar-refractivity contribution in [2.45, 2.75) is 6.54 Å². The van der Waals surface area contributed by atoms with E-state index in [9.17, 15) is 4.79 Å². The number of hydroxylamine groups is 1. The van der Waals surface area contributed by atoms with Gasteiger partial charge in [0.05, 0.1) is 19.2 Å². The summed E-state index contributed by atoms with van der Waals surface area (Å²) in [5, 5.41) is 5.23. The minimum Gasteiger partial charge on any atom is -0.277 e. The molecule has 0 aliphatic rings. The van der Waals surface area contributed by atoms with Crippen molar-refractivity contribution < 1.29 is 9.63 Å². The first-order valence-electron chi connectivity index (χ1n) is 7.38. The Balaban J connectivity index is 2.00. The number of carbonyl (C=O) groups excluding carboxylic acids is 1. The van der Waals surface area contributed by atoms with E-state index >= 15 is 0 Å². The molecule has 3 rings (SSSR count). The molecule has 0 saturated heterocycles. The molecule has 1 aromatic heterocycles. The maximum atomic E-state index is 12.3. The highest BCUT2D eigenvalue weighted by molar-refractivity contribution is 6.31. The second-order valence-electron chi connectivity index (χ2n) is 5.18. The van der Waals surface area contributed by atoms with Crippen molar-refractivity contribution in [2.24, 2.45) is 0 Å². The van der Waals surface area contributed by atoms with Crippen molar-refractivity contribution in [2.75, 3.05) is 7.11 Å². The van der Waals surface area contributed by atoms with Crippen molar-refractivity contribution in [3.05, 3.63) is 76.9 Å². The normalized spacial score (nSPS) is 10.6. The van der Waals surface area contributed by atoms with Gasteiger partial charge >= 0.3 is 0 Å². The summed E-state index contributed by atoms with van der Waals surface area (Å²) in [6, 6.07) is 17.1. The Morgan fingerprint density at radius 3 is 2.58 bits per heavy atom. The van der Waals surface area contributed by atoms with Gasteiger partial charge in [0, 0.05) is 16.8 Å². The Hall–Kier alpha value is -2.63. The Bertz CT molecular complexity index is 846. The average molecular weight is 342 g/mol. The first-order chi connectivity index (χ1) is 11.7. The lowest BCUT2D eigenvalue weighted by Crippen LogP contribution is -2.21. The van der Waals surface area contributed by atoms with Gasteiger partial charge < -0.3 is 0 Å². The molecule has 0 spiro atoms. The van der Waals surface area contributed by atoms with E-state index in [4.69, 9.17) is 16.4 Å². The van der Waals surface area contributed by atoms with Crippen LogP contribution in [0.4, 0.5) is 0 Å². The number of nitrogens with zero attached hydrogens (tertiary/aromatic N) is 2. The molecule has 3 aromatic rings. The van der Waals surface area contributed by atoms with Crippen LogP contribution >= 0.6 is 11.6 Å². The number of amides is 1. The standard InChI is InChI=1S/C18H16ClN3O2/c1-24-21-18(23)15-12-22(11-14-9-5-6-10-16(14)19)20-17(15)13-7-3-2-4-8-13/h2-10,12H,11H2,1H3,(H,21,23). The minimum absolute atomic E-state index is 0.346. The van der Waals surface area contributed by atoms with Gasteiger partial charge in [-0.3, -0.25) is 14.3 Å². The number of benzene rings is 2. The molecule has 0 aliphatic carbocycles. The monoisotopic (exact) mass is 341 g/mol. The molecule has 1 amide bonds. The van der Waals surface area contributed by atoms with Gasteiger partial charge in [0.2, 0.25) is 0 Å². The van der Waals surface area contributed by atoms with E-state index in [-0.39, 0.29) is 5.91 Å². The first-order valence-corrected chi connectivity index (χ1v) is 7.76. The summed E-state index contributed by atoms with van der Waals surface area (Å²) in [5.41, 5.74) is 5.17. The molecule has 0 atom stereocenters. The number of hydrogen-bond donors (Lipinski definition) is 1. The van der Waals surface area contributed by atoms with Gasteiger partial charge in [0.15, 0.2) is 0 Å². The molecule has 1 N–H and O–H groups in total. The molecule has 6 heteroatoms. The van der Waals surface area contributed by atoms with Crippen LogP contribution in [-0.2, 0) is 11.4 Å². The summed E-state index contributed by atoms with van der Waals surface area (Å²) in [4.78, 5) is 17.0. The zero-order valence-electron chi connectivity index (χ0n) is 13.1. The third kappa shape index (κ3) is 3.48. The highest BCUT2D eigenvalue weighted by Gasteiger charge is 2.18. The van der Waals surface area contributed by atoms with E-state index in [0.29, 0.717) is 22.8 Å². The van der Waals surface area contributed by atoms with Crippen LogP contribution in [0.5, 0.6) is 0 Å². The fourth-order valence-electron chi connectivity index (χ4n) is 2.43. The Labute approximate surface area is 144 Å². The van der Waals surface area contributed by atoms with Crippen LogP contribution in [0, 0.1) is 0 Å². The molecule has 5 nitrogen and oxygen atoms in total. The second-order valence-corrected chi connectivity index (χ2v) is 5.59. The molecule has 122 valence electrons. The molecule has 0 bridgehead atoms. The molecule has 24 heavy (non-hydrogen) atoms. The molecule has 0 saturated carbocycles. The molecular weight excluding hydrogens is 326 g/mol. The summed E-state index contributed by atoms with van der Waals surface area (Å²) in [7, 11) is 1.40. The van der Waals surface area contributed by atoms with Crippen molar-refractivity contribution in [1.82, 2.24) is 15.3 Å². The number of hydrogen-bond acceptors (Lipinski definition) is 3. The number of aromatic nitrogens is 2. The molecule has 0 aliphatic heterocycles. The SMILES string of the molecule is CONC(=O)c1cn(Cc2ccccc2Cl)nc1-c1ccccc1. The number of halogens is 1. The number of carbonyl (C=O) groups is 1. The van der Waals surface area contributed by atoms with Crippen LogP contribution in [0.2, 0.25) is 5.02 Å². The zero-order chi connectivity index (χ0) is 16.9. The quantitative estimate of drug-likeness (QED) is 0.722. The molecule has 1 heterocycles. The molecule has 0 fully saturated rings. The van der Waals surface area contributed by atoms with Gasteiger partial charge in [-0.15, -0.1) is 0 Å². The predicted molar refractivity (Wildman–Crippen MR) is 92.7 cm³/mol. The van der Waals surface area contributed by atoms with Crippen LogP contribution in [0.25, 0.3) is 11.3 Å². The van der Waals surface area contributed by atoms with E-state index in [1.54, 1.807) is 10.9 Å². The van der Waals surface area contributed by atoms with Crippen LogP contribution in [0.15, 0.2) is 60.8 Å². The summed E-state index contributed by atoms with van der Waals surface area (Å²) >= 11 is 6.21. The van der Waals surface area contributed by atoms with E-state index in [2.05, 4.69) is 10.6 Å². The van der Waals surface area contributed by atoms with E-state index in [1.165, 1.54) is 7.11 Å². The van der Waals surface area contributed by atoms with Crippen molar-refractivity contribution in [3.8, 4) is 11.3 Å². The minimum atomic E-state index is -0.346. The maximum Gasteiger partial charge on any atom is 0.278 e. The van der Waals surface area contributed by atoms with Gasteiger partial charge in [-0.05, 0) is 11.6 Å². The van der Waals surface area contributed by atoms with E-state index in [1.807, 2.05) is 54.6 Å². The summed E-state index contributed by atoms with van der Waals surface area (Å²) in [5.74, 6) is -0.346. The second kappa shape index (κ2) is 7.29. The Morgan fingerprint density at radius 1 is 1.17 bits per heavy atom. The van der Waals surface area contributed by atoms with Crippen LogP contribution in [-0.4, -0.2) is 22.8 Å². The highest BCUT2D eigenvalue weighted by Crippen LogP contribution is 2.23. The van der Waals surface area contributed by atoms with E-state index in [0.717, 1.165) is 11.1 Å². The molecular formula is C18H16ClN3O2. The van der Waals surface area contributed by atoms with Crippen LogP contribution in [0.1, 0.15) is 15.9 Å². The van der Waals surface area contributed by atoms with Gasteiger partial charge in [0.25, 0.3) is 5.91 Å². The zero-order valence-corrected chi connectivity index (χ0v) is 13.8. The first kappa shape index (κ1) is 16.2. The number of rotatable bonds is 5. The lowest BCUT2D eigenvalue weighted by Gasteiger charge is -2.04. The van der Waals surface area contributed by atoms with Crippen molar-refractivity contribution in [1.29, 1.82) is 0 Å². The maximum absolute atomic E-state index is 12.3. The van der Waals surface area contributed by atoms with Gasteiger partial charge in [-0.2, -0.15) is 5.10 Å². The number of nitrogens with one attached hydrogen (secondary N) is 1. The lowest BCUT2D eigenvalue weighted by molar-refractivity contribution is 0.0538. The summed E-state index contributed by atoms with van der Waals surface area (Å²) in [6.45, 7) is 0.472. The Morgan fingerprint density at radius 2 is 1.88 bits per heavy atom. The summed E-state index contributed by atoms with van der Waals surface area (Å²) < 4.78 is 1.70. The van der Waals surface area contributed by atoms with Crippen LogP contribution < -0.4 is 5.48 Å². The van der Waals surface area contributed by atoms with Crippen molar-refractivity contribution >= 4 is 17.5 Å². The summed E-state index contributed by atoms with van der Waals surface area (Å²) in [6.07, 6.45) is 1.69. The fraction of sp³-hybridized carbons (Fsp3) is 0.111.